The summed E-state index contributed by atoms with van der Waals surface area (Å²) in [5, 5.41) is 0. The summed E-state index contributed by atoms with van der Waals surface area (Å²) in [7, 11) is 0. The number of rotatable bonds is 44. The van der Waals surface area contributed by atoms with E-state index in [1.165, 1.54) is 161 Å². The van der Waals surface area contributed by atoms with E-state index >= 15 is 0 Å². The Morgan fingerprint density at radius 2 is 0.600 bits per heavy atom. The molecule has 6 nitrogen and oxygen atoms in total. The number of carbonyl (C=O) groups excluding carboxylic acids is 3. The van der Waals surface area contributed by atoms with Crippen molar-refractivity contribution in [2.45, 2.75) is 278 Å². The fraction of sp³-hybridized carbons (Fsp3) is 0.939. The average Bonchev–Trinajstić information content (AvgIpc) is 3.17. The Morgan fingerprint density at radius 3 is 0.891 bits per heavy atom. The second kappa shape index (κ2) is 43.5. The van der Waals surface area contributed by atoms with Crippen LogP contribution in [0.1, 0.15) is 272 Å². The fourth-order valence-corrected chi connectivity index (χ4v) is 7.33. The van der Waals surface area contributed by atoms with Crippen LogP contribution in [0.25, 0.3) is 0 Å². The van der Waals surface area contributed by atoms with Crippen molar-refractivity contribution >= 4 is 17.9 Å². The Hall–Kier alpha value is -1.59. The van der Waals surface area contributed by atoms with Gasteiger partial charge in [-0.15, -0.1) is 0 Å². The third-order valence-corrected chi connectivity index (χ3v) is 11.0. The van der Waals surface area contributed by atoms with Crippen molar-refractivity contribution in [3.63, 3.8) is 0 Å². The summed E-state index contributed by atoms with van der Waals surface area (Å²) in [4.78, 5) is 37.5. The second-order valence-electron chi connectivity index (χ2n) is 17.2. The molecule has 0 aromatic carbocycles. The van der Waals surface area contributed by atoms with E-state index in [4.69, 9.17) is 14.2 Å². The Balaban J connectivity index is 4.07. The molecule has 0 aliphatic rings. The molecular formula is C49H94O6. The SMILES string of the molecule is CCCCCCCCCCCCCC(=O)OC[C@@H](COC(=O)CCCCCCC)OC(=O)CCCCCCCCCCCCCCCCCCCCC(C)C. The maximum atomic E-state index is 12.7. The highest BCUT2D eigenvalue weighted by molar-refractivity contribution is 5.71. The molecule has 6 heteroatoms. The van der Waals surface area contributed by atoms with Crippen LogP contribution in [-0.4, -0.2) is 37.2 Å². The molecule has 0 saturated heterocycles. The molecule has 0 aliphatic carbocycles. The van der Waals surface area contributed by atoms with Gasteiger partial charge < -0.3 is 14.2 Å². The van der Waals surface area contributed by atoms with E-state index in [2.05, 4.69) is 27.7 Å². The van der Waals surface area contributed by atoms with Gasteiger partial charge in [0.15, 0.2) is 6.10 Å². The smallest absolute Gasteiger partial charge is 0.306 e. The molecule has 0 amide bonds. The summed E-state index contributed by atoms with van der Waals surface area (Å²) in [6, 6.07) is 0. The van der Waals surface area contributed by atoms with Crippen molar-refractivity contribution in [3.05, 3.63) is 0 Å². The van der Waals surface area contributed by atoms with Gasteiger partial charge in [0.2, 0.25) is 0 Å². The van der Waals surface area contributed by atoms with Crippen LogP contribution in [-0.2, 0) is 28.6 Å². The Morgan fingerprint density at radius 1 is 0.345 bits per heavy atom. The lowest BCUT2D eigenvalue weighted by Gasteiger charge is -2.18. The summed E-state index contributed by atoms with van der Waals surface area (Å²) in [6.07, 6.45) is 44.1. The lowest BCUT2D eigenvalue weighted by atomic mass is 10.0. The number of carbonyl (C=O) groups is 3. The minimum absolute atomic E-state index is 0.0643. The van der Waals surface area contributed by atoms with Crippen LogP contribution in [0.2, 0.25) is 0 Å². The van der Waals surface area contributed by atoms with Gasteiger partial charge in [0.05, 0.1) is 0 Å². The third-order valence-electron chi connectivity index (χ3n) is 11.0. The summed E-state index contributed by atoms with van der Waals surface area (Å²) >= 11 is 0. The van der Waals surface area contributed by atoms with Crippen LogP contribution in [0.4, 0.5) is 0 Å². The van der Waals surface area contributed by atoms with Crippen molar-refractivity contribution in [2.75, 3.05) is 13.2 Å². The van der Waals surface area contributed by atoms with Gasteiger partial charge in [-0.1, -0.05) is 233 Å². The van der Waals surface area contributed by atoms with Crippen LogP contribution >= 0.6 is 0 Å². The molecule has 0 unspecified atom stereocenters. The van der Waals surface area contributed by atoms with E-state index in [1.807, 2.05) is 0 Å². The molecular weight excluding hydrogens is 685 g/mol. The van der Waals surface area contributed by atoms with E-state index in [0.717, 1.165) is 70.1 Å². The minimum atomic E-state index is -0.757. The summed E-state index contributed by atoms with van der Waals surface area (Å²) < 4.78 is 16.6. The van der Waals surface area contributed by atoms with Gasteiger partial charge >= 0.3 is 17.9 Å². The van der Waals surface area contributed by atoms with Gasteiger partial charge in [-0.05, 0) is 25.2 Å². The molecule has 0 aliphatic heterocycles. The number of hydrogen-bond acceptors (Lipinski definition) is 6. The quantitative estimate of drug-likeness (QED) is 0.0348. The summed E-state index contributed by atoms with van der Waals surface area (Å²) in [6.45, 7) is 8.95. The molecule has 0 heterocycles. The Bertz CT molecular complexity index is 826. The van der Waals surface area contributed by atoms with Gasteiger partial charge in [-0.2, -0.15) is 0 Å². The van der Waals surface area contributed by atoms with Crippen molar-refractivity contribution < 1.29 is 28.6 Å². The predicted molar refractivity (Wildman–Crippen MR) is 233 cm³/mol. The molecule has 55 heavy (non-hydrogen) atoms. The molecule has 0 saturated carbocycles. The van der Waals surface area contributed by atoms with Gasteiger partial charge in [-0.25, -0.2) is 0 Å². The van der Waals surface area contributed by atoms with Crippen LogP contribution in [0.3, 0.4) is 0 Å². The molecule has 326 valence electrons. The molecule has 0 radical (unpaired) electrons. The van der Waals surface area contributed by atoms with Crippen LogP contribution < -0.4 is 0 Å². The van der Waals surface area contributed by atoms with E-state index in [9.17, 15) is 14.4 Å². The second-order valence-corrected chi connectivity index (χ2v) is 17.2. The van der Waals surface area contributed by atoms with E-state index < -0.39 is 6.10 Å². The number of esters is 3. The molecule has 0 bridgehead atoms. The first-order valence-corrected chi connectivity index (χ1v) is 24.4. The molecule has 0 aromatic rings. The maximum Gasteiger partial charge on any atom is 0.306 e. The molecule has 0 N–H and O–H groups in total. The first-order valence-electron chi connectivity index (χ1n) is 24.4. The highest BCUT2D eigenvalue weighted by Gasteiger charge is 2.19. The maximum absolute atomic E-state index is 12.7. The van der Waals surface area contributed by atoms with Gasteiger partial charge in [-0.3, -0.25) is 14.4 Å². The number of unbranched alkanes of at least 4 members (excludes halogenated alkanes) is 31. The molecule has 0 spiro atoms. The molecule has 0 rings (SSSR count). The zero-order chi connectivity index (χ0) is 40.3. The van der Waals surface area contributed by atoms with Gasteiger partial charge in [0.1, 0.15) is 13.2 Å². The molecule has 0 aromatic heterocycles. The van der Waals surface area contributed by atoms with Crippen LogP contribution in [0.5, 0.6) is 0 Å². The van der Waals surface area contributed by atoms with Crippen molar-refractivity contribution in [1.82, 2.24) is 0 Å². The van der Waals surface area contributed by atoms with Crippen molar-refractivity contribution in [2.24, 2.45) is 5.92 Å². The number of ether oxygens (including phenoxy) is 3. The third kappa shape index (κ3) is 43.4. The Labute approximate surface area is 342 Å². The van der Waals surface area contributed by atoms with Crippen LogP contribution in [0.15, 0.2) is 0 Å². The highest BCUT2D eigenvalue weighted by Crippen LogP contribution is 2.17. The summed E-state index contributed by atoms with van der Waals surface area (Å²) in [5.74, 6) is -0.00635. The molecule has 1 atom stereocenters. The zero-order valence-electron chi connectivity index (χ0n) is 37.4. The monoisotopic (exact) mass is 779 g/mol. The van der Waals surface area contributed by atoms with E-state index in [0.29, 0.717) is 19.3 Å². The van der Waals surface area contributed by atoms with Crippen molar-refractivity contribution in [3.8, 4) is 0 Å². The van der Waals surface area contributed by atoms with E-state index in [-0.39, 0.29) is 31.1 Å². The lowest BCUT2D eigenvalue weighted by Crippen LogP contribution is -2.30. The highest BCUT2D eigenvalue weighted by atomic mass is 16.6. The first-order chi connectivity index (χ1) is 26.9. The first kappa shape index (κ1) is 53.4. The molecule has 0 fully saturated rings. The summed E-state index contributed by atoms with van der Waals surface area (Å²) in [5.41, 5.74) is 0. The normalized spacial score (nSPS) is 11.9. The largest absolute Gasteiger partial charge is 0.462 e. The average molecular weight is 779 g/mol. The van der Waals surface area contributed by atoms with Gasteiger partial charge in [0.25, 0.3) is 0 Å². The zero-order valence-corrected chi connectivity index (χ0v) is 37.4. The predicted octanol–water partition coefficient (Wildman–Crippen LogP) is 15.5. The van der Waals surface area contributed by atoms with Gasteiger partial charge in [0, 0.05) is 19.3 Å². The topological polar surface area (TPSA) is 78.9 Å². The van der Waals surface area contributed by atoms with E-state index in [1.54, 1.807) is 0 Å². The standard InChI is InChI=1S/C49H94O6/c1-5-7-9-11-12-13-22-26-29-33-37-41-48(51)54-44-46(43-53-47(50)40-36-31-10-8-6-2)55-49(52)42-38-34-30-27-24-21-19-17-15-14-16-18-20-23-25-28-32-35-39-45(3)4/h45-46H,5-44H2,1-4H3/t46-/m1/s1. The lowest BCUT2D eigenvalue weighted by molar-refractivity contribution is -0.167. The van der Waals surface area contributed by atoms with Crippen molar-refractivity contribution in [1.29, 1.82) is 0 Å². The number of hydrogen-bond donors (Lipinski definition) is 0. The minimum Gasteiger partial charge on any atom is -0.462 e. The van der Waals surface area contributed by atoms with Crippen LogP contribution in [0, 0.1) is 5.92 Å². The Kier molecular flexibility index (Phi) is 42.3. The fourth-order valence-electron chi connectivity index (χ4n) is 7.33.